The fourth-order valence-electron chi connectivity index (χ4n) is 2.33. The summed E-state index contributed by atoms with van der Waals surface area (Å²) in [6, 6.07) is 13.7. The third kappa shape index (κ3) is 3.76. The average molecular weight is 336 g/mol. The number of hydrogen-bond donors (Lipinski definition) is 1. The van der Waals surface area contributed by atoms with Gasteiger partial charge in [-0.3, -0.25) is 4.79 Å². The molecule has 0 spiro atoms. The molecule has 24 heavy (non-hydrogen) atoms. The lowest BCUT2D eigenvalue weighted by atomic mass is 10.1. The molecule has 0 bridgehead atoms. The Labute approximate surface area is 144 Å². The first-order chi connectivity index (χ1) is 11.7. The molecule has 0 aliphatic carbocycles. The maximum atomic E-state index is 11.7. The number of carbonyl (C=O) groups is 1. The monoisotopic (exact) mass is 336 g/mol. The molecule has 0 aliphatic heterocycles. The number of nitrogens with zero attached hydrogens (tertiary/aromatic N) is 3. The molecule has 0 fully saturated rings. The normalized spacial score (nSPS) is 10.5. The number of aromatic nitrogens is 2. The zero-order valence-corrected chi connectivity index (χ0v) is 14.0. The lowest BCUT2D eigenvalue weighted by Gasteiger charge is -2.05. The van der Waals surface area contributed by atoms with Gasteiger partial charge in [-0.05, 0) is 36.8 Å². The van der Waals surface area contributed by atoms with Gasteiger partial charge in [0.15, 0.2) is 0 Å². The summed E-state index contributed by atoms with van der Waals surface area (Å²) in [5.74, 6) is 0.493. The van der Waals surface area contributed by atoms with Crippen LogP contribution >= 0.6 is 11.8 Å². The summed E-state index contributed by atoms with van der Waals surface area (Å²) in [6.07, 6.45) is 3.98. The van der Waals surface area contributed by atoms with Crippen LogP contribution in [0, 0.1) is 18.3 Å². The van der Waals surface area contributed by atoms with E-state index in [1.165, 1.54) is 17.3 Å². The van der Waals surface area contributed by atoms with Crippen LogP contribution in [-0.4, -0.2) is 26.8 Å². The second-order valence-electron chi connectivity index (χ2n) is 5.37. The van der Waals surface area contributed by atoms with Gasteiger partial charge in [-0.25, -0.2) is 4.98 Å². The minimum Gasteiger partial charge on any atom is -0.325 e. The van der Waals surface area contributed by atoms with Gasteiger partial charge in [0.05, 0.1) is 23.3 Å². The van der Waals surface area contributed by atoms with Crippen LogP contribution in [0.25, 0.3) is 16.9 Å². The number of hydrogen-bond acceptors (Lipinski definition) is 4. The Morgan fingerprint density at radius 1 is 1.33 bits per heavy atom. The van der Waals surface area contributed by atoms with Crippen molar-refractivity contribution in [1.82, 2.24) is 9.38 Å². The molecular weight excluding hydrogens is 320 g/mol. The molecule has 3 aromatic rings. The Morgan fingerprint density at radius 2 is 2.12 bits per heavy atom. The molecule has 5 nitrogen and oxygen atoms in total. The SMILES string of the molecule is Cc1ccn2cc(-c3ccc(NC(=O)CSCC#N)cc3)nc2c1. The number of benzene rings is 1. The van der Waals surface area contributed by atoms with E-state index in [9.17, 15) is 4.79 Å². The second-order valence-corrected chi connectivity index (χ2v) is 6.36. The van der Waals surface area contributed by atoms with Gasteiger partial charge in [0.1, 0.15) is 5.65 Å². The number of anilines is 1. The molecule has 0 saturated carbocycles. The number of aryl methyl sites for hydroxylation is 1. The lowest BCUT2D eigenvalue weighted by Crippen LogP contribution is -2.14. The highest BCUT2D eigenvalue weighted by Crippen LogP contribution is 2.21. The van der Waals surface area contributed by atoms with Crippen molar-refractivity contribution in [3.05, 3.63) is 54.4 Å². The van der Waals surface area contributed by atoms with Gasteiger partial charge >= 0.3 is 0 Å². The minimum absolute atomic E-state index is 0.105. The van der Waals surface area contributed by atoms with E-state index in [1.807, 2.05) is 66.2 Å². The molecule has 0 unspecified atom stereocenters. The van der Waals surface area contributed by atoms with Crippen LogP contribution in [-0.2, 0) is 4.79 Å². The largest absolute Gasteiger partial charge is 0.325 e. The van der Waals surface area contributed by atoms with Crippen molar-refractivity contribution in [2.75, 3.05) is 16.8 Å². The van der Waals surface area contributed by atoms with Gasteiger partial charge in [-0.2, -0.15) is 5.26 Å². The first-order valence-electron chi connectivity index (χ1n) is 7.46. The first-order valence-corrected chi connectivity index (χ1v) is 8.61. The van der Waals surface area contributed by atoms with Crippen molar-refractivity contribution in [3.63, 3.8) is 0 Å². The summed E-state index contributed by atoms with van der Waals surface area (Å²) in [7, 11) is 0. The Morgan fingerprint density at radius 3 is 2.88 bits per heavy atom. The van der Waals surface area contributed by atoms with Crippen molar-refractivity contribution in [2.45, 2.75) is 6.92 Å². The summed E-state index contributed by atoms with van der Waals surface area (Å²) < 4.78 is 1.99. The zero-order chi connectivity index (χ0) is 16.9. The Bertz CT molecular complexity index is 909. The van der Waals surface area contributed by atoms with E-state index in [1.54, 1.807) is 0 Å². The summed E-state index contributed by atoms with van der Waals surface area (Å²) in [5.41, 5.74) is 4.71. The number of rotatable bonds is 5. The fraction of sp³-hybridized carbons (Fsp3) is 0.167. The average Bonchev–Trinajstić information content (AvgIpc) is 2.99. The zero-order valence-electron chi connectivity index (χ0n) is 13.2. The number of pyridine rings is 1. The van der Waals surface area contributed by atoms with Crippen molar-refractivity contribution in [3.8, 4) is 17.3 Å². The summed E-state index contributed by atoms with van der Waals surface area (Å²) >= 11 is 1.30. The van der Waals surface area contributed by atoms with Gasteiger partial charge in [0, 0.05) is 23.6 Å². The topological polar surface area (TPSA) is 70.2 Å². The highest BCUT2D eigenvalue weighted by molar-refractivity contribution is 8.00. The van der Waals surface area contributed by atoms with Gasteiger partial charge < -0.3 is 9.72 Å². The number of fused-ring (bicyclic) bond motifs is 1. The van der Waals surface area contributed by atoms with Crippen LogP contribution in [0.15, 0.2) is 48.8 Å². The molecule has 1 amide bonds. The van der Waals surface area contributed by atoms with Crippen LogP contribution in [0.2, 0.25) is 0 Å². The van der Waals surface area contributed by atoms with Gasteiger partial charge in [-0.1, -0.05) is 12.1 Å². The van der Waals surface area contributed by atoms with Gasteiger partial charge in [0.2, 0.25) is 5.91 Å². The number of amides is 1. The number of imidazole rings is 1. The highest BCUT2D eigenvalue weighted by atomic mass is 32.2. The van der Waals surface area contributed by atoms with Crippen LogP contribution in [0.4, 0.5) is 5.69 Å². The van der Waals surface area contributed by atoms with Crippen LogP contribution < -0.4 is 5.32 Å². The van der Waals surface area contributed by atoms with E-state index in [4.69, 9.17) is 5.26 Å². The van der Waals surface area contributed by atoms with Gasteiger partial charge in [-0.15, -0.1) is 11.8 Å². The minimum atomic E-state index is -0.105. The molecule has 120 valence electrons. The van der Waals surface area contributed by atoms with Crippen molar-refractivity contribution >= 4 is 29.0 Å². The molecule has 6 heteroatoms. The summed E-state index contributed by atoms with van der Waals surface area (Å²) in [4.78, 5) is 16.4. The number of thioether (sulfide) groups is 1. The van der Waals surface area contributed by atoms with Crippen LogP contribution in [0.5, 0.6) is 0 Å². The molecule has 1 N–H and O–H groups in total. The predicted octanol–water partition coefficient (Wildman–Crippen LogP) is 3.51. The molecule has 0 atom stereocenters. The molecule has 0 radical (unpaired) electrons. The quantitative estimate of drug-likeness (QED) is 0.724. The number of carbonyl (C=O) groups excluding carboxylic acids is 1. The Kier molecular flexibility index (Phi) is 4.82. The third-order valence-electron chi connectivity index (χ3n) is 3.48. The summed E-state index contributed by atoms with van der Waals surface area (Å²) in [5, 5.41) is 11.3. The predicted molar refractivity (Wildman–Crippen MR) is 96.9 cm³/mol. The molecule has 2 aromatic heterocycles. The van der Waals surface area contributed by atoms with E-state index in [0.717, 1.165) is 22.6 Å². The lowest BCUT2D eigenvalue weighted by molar-refractivity contribution is -0.113. The van der Waals surface area contributed by atoms with E-state index >= 15 is 0 Å². The Hall–Kier alpha value is -2.78. The van der Waals surface area contributed by atoms with Crippen LogP contribution in [0.1, 0.15) is 5.56 Å². The second kappa shape index (κ2) is 7.20. The molecule has 0 saturated heterocycles. The van der Waals surface area contributed by atoms with Crippen molar-refractivity contribution < 1.29 is 4.79 Å². The number of nitriles is 1. The summed E-state index contributed by atoms with van der Waals surface area (Å²) in [6.45, 7) is 2.04. The molecule has 1 aromatic carbocycles. The smallest absolute Gasteiger partial charge is 0.234 e. The highest BCUT2D eigenvalue weighted by Gasteiger charge is 2.06. The van der Waals surface area contributed by atoms with E-state index < -0.39 is 0 Å². The molecule has 0 aliphatic rings. The van der Waals surface area contributed by atoms with E-state index in [2.05, 4.69) is 10.3 Å². The Balaban J connectivity index is 1.71. The fourth-order valence-corrected chi connectivity index (χ4v) is 2.78. The van der Waals surface area contributed by atoms with E-state index in [-0.39, 0.29) is 11.7 Å². The van der Waals surface area contributed by atoms with Crippen LogP contribution in [0.3, 0.4) is 0 Å². The third-order valence-corrected chi connectivity index (χ3v) is 4.28. The maximum Gasteiger partial charge on any atom is 0.234 e. The molecule has 3 rings (SSSR count). The van der Waals surface area contributed by atoms with Crippen molar-refractivity contribution in [2.24, 2.45) is 0 Å². The maximum absolute atomic E-state index is 11.7. The molecule has 2 heterocycles. The molecular formula is C18H16N4OS. The van der Waals surface area contributed by atoms with Crippen molar-refractivity contribution in [1.29, 1.82) is 5.26 Å². The first kappa shape index (κ1) is 16.1. The number of nitrogens with one attached hydrogen (secondary N) is 1. The van der Waals surface area contributed by atoms with E-state index in [0.29, 0.717) is 5.75 Å². The standard InChI is InChI=1S/C18H16N4OS/c1-13-6-8-22-11-16(21-17(22)10-13)14-2-4-15(5-3-14)20-18(23)12-24-9-7-19/h2-6,8,10-11H,9,12H2,1H3,(H,20,23). The van der Waals surface area contributed by atoms with Gasteiger partial charge in [0.25, 0.3) is 0 Å².